The highest BCUT2D eigenvalue weighted by atomic mass is 16.6. The second-order valence-corrected chi connectivity index (χ2v) is 12.8. The molecule has 1 saturated heterocycles. The van der Waals surface area contributed by atoms with Gasteiger partial charge in [-0.25, -0.2) is 9.69 Å². The van der Waals surface area contributed by atoms with E-state index in [4.69, 9.17) is 9.47 Å². The molecule has 3 amide bonds. The van der Waals surface area contributed by atoms with Crippen molar-refractivity contribution in [3.05, 3.63) is 99.6 Å². The van der Waals surface area contributed by atoms with E-state index in [9.17, 15) is 24.5 Å². The molecule has 238 valence electrons. The number of nitro groups is 1. The number of carbonyl (C=O) groups is 3. The standard InChI is InChI=1S/C35H41N3O7/c1-23(2)21-36(33(40)35(3,4)5)30-20-26(14-17-31(30)44-6)29(19-25-12-15-27(16-13-25)38(42)43)32(39)37-28(22-45-34(37)41)18-24-10-8-7-9-11-24/h7-17,20,23,28-29H,18-19,21-22H2,1-6H3. The predicted octanol–water partition coefficient (Wildman–Crippen LogP) is 6.55. The number of ether oxygens (including phenoxy) is 2. The minimum absolute atomic E-state index is 0.0653. The average molecular weight is 616 g/mol. The van der Waals surface area contributed by atoms with Crippen LogP contribution in [-0.4, -0.2) is 54.0 Å². The van der Waals surface area contributed by atoms with Gasteiger partial charge in [0.2, 0.25) is 11.8 Å². The second-order valence-electron chi connectivity index (χ2n) is 12.8. The Bertz CT molecular complexity index is 1530. The van der Waals surface area contributed by atoms with Gasteiger partial charge in [0.05, 0.1) is 29.7 Å². The number of hydrogen-bond acceptors (Lipinski definition) is 7. The highest BCUT2D eigenvalue weighted by Crippen LogP contribution is 2.37. The number of carbonyl (C=O) groups excluding carboxylic acids is 3. The number of rotatable bonds is 11. The number of nitro benzene ring substituents is 1. The Morgan fingerprint density at radius 1 is 1.04 bits per heavy atom. The Morgan fingerprint density at radius 3 is 2.29 bits per heavy atom. The number of imide groups is 1. The molecule has 3 aromatic carbocycles. The summed E-state index contributed by atoms with van der Waals surface area (Å²) in [7, 11) is 1.53. The molecule has 10 heteroatoms. The van der Waals surface area contributed by atoms with Crippen LogP contribution in [0.15, 0.2) is 72.8 Å². The Morgan fingerprint density at radius 2 is 1.71 bits per heavy atom. The number of anilines is 1. The summed E-state index contributed by atoms with van der Waals surface area (Å²) in [4.78, 5) is 54.9. The van der Waals surface area contributed by atoms with Gasteiger partial charge in [0, 0.05) is 24.1 Å². The van der Waals surface area contributed by atoms with Crippen molar-refractivity contribution in [1.82, 2.24) is 4.90 Å². The molecule has 1 aliphatic heterocycles. The highest BCUT2D eigenvalue weighted by molar-refractivity contribution is 6.00. The summed E-state index contributed by atoms with van der Waals surface area (Å²) in [5.74, 6) is -0.812. The quantitative estimate of drug-likeness (QED) is 0.177. The van der Waals surface area contributed by atoms with E-state index in [0.717, 1.165) is 5.56 Å². The fraction of sp³-hybridized carbons (Fsp3) is 0.400. The summed E-state index contributed by atoms with van der Waals surface area (Å²) < 4.78 is 11.1. The molecule has 1 heterocycles. The number of amides is 3. The normalized spacial score (nSPS) is 15.5. The van der Waals surface area contributed by atoms with Crippen LogP contribution in [0.2, 0.25) is 0 Å². The zero-order chi connectivity index (χ0) is 32.9. The summed E-state index contributed by atoms with van der Waals surface area (Å²) in [5.41, 5.74) is 1.98. The molecule has 0 radical (unpaired) electrons. The van der Waals surface area contributed by atoms with Crippen molar-refractivity contribution in [1.29, 1.82) is 0 Å². The molecule has 4 rings (SSSR count). The van der Waals surface area contributed by atoms with Crippen molar-refractivity contribution >= 4 is 29.3 Å². The van der Waals surface area contributed by atoms with Gasteiger partial charge in [0.1, 0.15) is 12.4 Å². The van der Waals surface area contributed by atoms with Crippen LogP contribution in [0.3, 0.4) is 0 Å². The Kier molecular flexibility index (Phi) is 10.3. The third-order valence-corrected chi connectivity index (χ3v) is 7.73. The number of cyclic esters (lactones) is 1. The van der Waals surface area contributed by atoms with Crippen LogP contribution in [0.25, 0.3) is 0 Å². The van der Waals surface area contributed by atoms with E-state index >= 15 is 0 Å². The predicted molar refractivity (Wildman–Crippen MR) is 171 cm³/mol. The second kappa shape index (κ2) is 13.9. The van der Waals surface area contributed by atoms with Crippen LogP contribution in [-0.2, 0) is 27.2 Å². The molecule has 10 nitrogen and oxygen atoms in total. The lowest BCUT2D eigenvalue weighted by Crippen LogP contribution is -2.43. The topological polar surface area (TPSA) is 119 Å². The monoisotopic (exact) mass is 615 g/mol. The van der Waals surface area contributed by atoms with E-state index in [2.05, 4.69) is 0 Å². The first-order valence-electron chi connectivity index (χ1n) is 15.1. The van der Waals surface area contributed by atoms with Gasteiger partial charge in [0.25, 0.3) is 5.69 Å². The lowest BCUT2D eigenvalue weighted by Gasteiger charge is -2.33. The van der Waals surface area contributed by atoms with Gasteiger partial charge in [-0.2, -0.15) is 0 Å². The third kappa shape index (κ3) is 7.87. The molecule has 0 spiro atoms. The fourth-order valence-corrected chi connectivity index (χ4v) is 5.47. The van der Waals surface area contributed by atoms with Crippen molar-refractivity contribution < 1.29 is 28.8 Å². The van der Waals surface area contributed by atoms with Crippen molar-refractivity contribution in [2.75, 3.05) is 25.2 Å². The first-order valence-corrected chi connectivity index (χ1v) is 15.1. The van der Waals surface area contributed by atoms with Crippen molar-refractivity contribution in [3.8, 4) is 5.75 Å². The number of nitrogens with zero attached hydrogens (tertiary/aromatic N) is 3. The minimum Gasteiger partial charge on any atom is -0.495 e. The van der Waals surface area contributed by atoms with Crippen molar-refractivity contribution in [2.24, 2.45) is 11.3 Å². The zero-order valence-corrected chi connectivity index (χ0v) is 26.7. The summed E-state index contributed by atoms with van der Waals surface area (Å²) in [6, 6.07) is 20.3. The first kappa shape index (κ1) is 33.2. The van der Waals surface area contributed by atoms with Crippen LogP contribution in [0.4, 0.5) is 16.2 Å². The third-order valence-electron chi connectivity index (χ3n) is 7.73. The van der Waals surface area contributed by atoms with Crippen LogP contribution in [0, 0.1) is 21.4 Å². The highest BCUT2D eigenvalue weighted by Gasteiger charge is 2.42. The smallest absolute Gasteiger partial charge is 0.417 e. The Balaban J connectivity index is 1.81. The first-order chi connectivity index (χ1) is 21.3. The number of benzene rings is 3. The van der Waals surface area contributed by atoms with E-state index in [-0.39, 0.29) is 30.5 Å². The van der Waals surface area contributed by atoms with Gasteiger partial charge in [-0.15, -0.1) is 0 Å². The van der Waals surface area contributed by atoms with Crippen LogP contribution < -0.4 is 9.64 Å². The number of non-ortho nitro benzene ring substituents is 1. The molecule has 0 aromatic heterocycles. The SMILES string of the molecule is COc1ccc(C(Cc2ccc([N+](=O)[O-])cc2)C(=O)N2C(=O)OCC2Cc2ccccc2)cc1N(CC(C)C)C(=O)C(C)(C)C. The molecule has 45 heavy (non-hydrogen) atoms. The molecule has 0 N–H and O–H groups in total. The molecule has 2 unspecified atom stereocenters. The van der Waals surface area contributed by atoms with E-state index in [1.807, 2.05) is 65.0 Å². The van der Waals surface area contributed by atoms with Gasteiger partial charge >= 0.3 is 6.09 Å². The van der Waals surface area contributed by atoms with Crippen LogP contribution >= 0.6 is 0 Å². The van der Waals surface area contributed by atoms with Gasteiger partial charge in [-0.05, 0) is 47.6 Å². The average Bonchev–Trinajstić information content (AvgIpc) is 3.37. The van der Waals surface area contributed by atoms with Gasteiger partial charge in [0.15, 0.2) is 0 Å². The number of methoxy groups -OCH3 is 1. The van der Waals surface area contributed by atoms with Gasteiger partial charge in [-0.1, -0.05) is 83.1 Å². The largest absolute Gasteiger partial charge is 0.495 e. The summed E-state index contributed by atoms with van der Waals surface area (Å²) in [6.45, 7) is 10.1. The summed E-state index contributed by atoms with van der Waals surface area (Å²) in [6.07, 6.45) is -0.131. The molecular formula is C35H41N3O7. The minimum atomic E-state index is -0.870. The molecular weight excluding hydrogens is 574 g/mol. The Labute approximate surface area is 264 Å². The van der Waals surface area contributed by atoms with E-state index in [1.54, 1.807) is 35.2 Å². The molecule has 3 aromatic rings. The zero-order valence-electron chi connectivity index (χ0n) is 26.7. The van der Waals surface area contributed by atoms with Gasteiger partial charge in [-0.3, -0.25) is 19.7 Å². The molecule has 0 saturated carbocycles. The molecule has 1 aliphatic rings. The van der Waals surface area contributed by atoms with Gasteiger partial charge < -0.3 is 14.4 Å². The maximum Gasteiger partial charge on any atom is 0.417 e. The number of hydrogen-bond donors (Lipinski definition) is 0. The van der Waals surface area contributed by atoms with Crippen LogP contribution in [0.5, 0.6) is 5.75 Å². The van der Waals surface area contributed by atoms with Crippen molar-refractivity contribution in [2.45, 2.75) is 59.4 Å². The summed E-state index contributed by atoms with van der Waals surface area (Å²) >= 11 is 0. The van der Waals surface area contributed by atoms with E-state index in [1.165, 1.54) is 24.1 Å². The van der Waals surface area contributed by atoms with Crippen LogP contribution in [0.1, 0.15) is 57.2 Å². The molecule has 2 atom stereocenters. The summed E-state index contributed by atoms with van der Waals surface area (Å²) in [5, 5.41) is 11.3. The lowest BCUT2D eigenvalue weighted by atomic mass is 9.88. The van der Waals surface area contributed by atoms with E-state index < -0.39 is 34.3 Å². The maximum absolute atomic E-state index is 14.4. The molecule has 0 bridgehead atoms. The van der Waals surface area contributed by atoms with Crippen molar-refractivity contribution in [3.63, 3.8) is 0 Å². The maximum atomic E-state index is 14.4. The molecule has 0 aliphatic carbocycles. The lowest BCUT2D eigenvalue weighted by molar-refractivity contribution is -0.384. The Hall–Kier alpha value is -4.73. The van der Waals surface area contributed by atoms with E-state index in [0.29, 0.717) is 35.5 Å². The molecule has 1 fully saturated rings. The fourth-order valence-electron chi connectivity index (χ4n) is 5.47.